The lowest BCUT2D eigenvalue weighted by Gasteiger charge is -2.31. The van der Waals surface area contributed by atoms with E-state index >= 15 is 0 Å². The van der Waals surface area contributed by atoms with Gasteiger partial charge in [0.05, 0.1) is 77.6 Å². The van der Waals surface area contributed by atoms with Gasteiger partial charge in [-0.3, -0.25) is 0 Å². The Morgan fingerprint density at radius 1 is 0.552 bits per heavy atom. The van der Waals surface area contributed by atoms with Gasteiger partial charge in [0.25, 0.3) is 0 Å². The number of unbranched alkanes of at least 4 members (excludes halogenated alkanes) is 6. The molecule has 2 aromatic carbocycles. The molecule has 0 N–H and O–H groups in total. The van der Waals surface area contributed by atoms with Gasteiger partial charge >= 0.3 is 11.9 Å². The number of carbonyl (C=O) groups is 2. The van der Waals surface area contributed by atoms with Crippen LogP contribution in [0.1, 0.15) is 62.5 Å². The lowest BCUT2D eigenvalue weighted by Crippen LogP contribution is -2.41. The van der Waals surface area contributed by atoms with E-state index in [9.17, 15) is 9.59 Å². The Hall–Kier alpha value is -5.54. The van der Waals surface area contributed by atoms with Crippen molar-refractivity contribution in [1.82, 2.24) is 19.9 Å². The molecule has 1 saturated heterocycles. The van der Waals surface area contributed by atoms with Gasteiger partial charge in [0.2, 0.25) is 12.6 Å². The lowest BCUT2D eigenvalue weighted by atomic mass is 10.1. The number of ether oxygens (including phenoxy) is 8. The van der Waals surface area contributed by atoms with Crippen molar-refractivity contribution in [3.05, 3.63) is 110 Å². The summed E-state index contributed by atoms with van der Waals surface area (Å²) in [7, 11) is 0. The Bertz CT molecular complexity index is 1690. The van der Waals surface area contributed by atoms with Gasteiger partial charge in [-0.15, -0.1) is 0 Å². The van der Waals surface area contributed by atoms with Crippen molar-refractivity contribution >= 4 is 11.9 Å². The standard InChI is InChI=1S/C44H52N4O10/c1-3-39(49)53-23-11-7-5-9-21-51-37-27-45-41(46-28-37)35-17-13-33(14-18-35)31-57-43-44(56-26-25-55-43)58-32-34-15-19-36(20-16-34)42-47-29-38(30-48-42)52-22-10-6-8-12-24-54-40(50)4-2/h3-4,13-20,27-30,43-44H,1-2,5-12,21-26,31-32H2/t43-,44-/m0/s1. The average Bonchev–Trinajstić information content (AvgIpc) is 3.27. The monoisotopic (exact) mass is 796 g/mol. The summed E-state index contributed by atoms with van der Waals surface area (Å²) in [6.45, 7) is 10.1. The fourth-order valence-corrected chi connectivity index (χ4v) is 5.63. The van der Waals surface area contributed by atoms with E-state index < -0.39 is 12.6 Å². The zero-order chi connectivity index (χ0) is 40.6. The number of carbonyl (C=O) groups excluding carboxylic acids is 2. The largest absolute Gasteiger partial charge is 0.490 e. The molecule has 5 rings (SSSR count). The van der Waals surface area contributed by atoms with Gasteiger partial charge in [0.1, 0.15) is 0 Å². The van der Waals surface area contributed by atoms with Crippen LogP contribution in [0.5, 0.6) is 11.5 Å². The highest BCUT2D eigenvalue weighted by Crippen LogP contribution is 2.22. The second-order valence-electron chi connectivity index (χ2n) is 13.2. The first-order chi connectivity index (χ1) is 28.5. The van der Waals surface area contributed by atoms with E-state index in [-0.39, 0.29) is 11.9 Å². The maximum Gasteiger partial charge on any atom is 0.330 e. The second-order valence-corrected chi connectivity index (χ2v) is 13.2. The first-order valence-corrected chi connectivity index (χ1v) is 19.6. The van der Waals surface area contributed by atoms with Crippen molar-refractivity contribution in [2.75, 3.05) is 39.6 Å². The minimum Gasteiger partial charge on any atom is -0.490 e. The van der Waals surface area contributed by atoms with Crippen LogP contribution in [0.15, 0.2) is 98.6 Å². The second kappa shape index (κ2) is 25.0. The number of benzene rings is 2. The molecule has 0 amide bonds. The third-order valence-electron chi connectivity index (χ3n) is 8.82. The number of nitrogens with zero attached hydrogens (tertiary/aromatic N) is 4. The summed E-state index contributed by atoms with van der Waals surface area (Å²) in [4.78, 5) is 40.0. The van der Waals surface area contributed by atoms with Crippen LogP contribution in [0.2, 0.25) is 0 Å². The number of esters is 2. The summed E-state index contributed by atoms with van der Waals surface area (Å²) in [5.41, 5.74) is 3.64. The third kappa shape index (κ3) is 15.4. The van der Waals surface area contributed by atoms with Crippen molar-refractivity contribution in [3.63, 3.8) is 0 Å². The van der Waals surface area contributed by atoms with Crippen molar-refractivity contribution < 1.29 is 47.5 Å². The highest BCUT2D eigenvalue weighted by Gasteiger charge is 2.29. The molecule has 1 aliphatic heterocycles. The Labute approximate surface area is 339 Å². The molecule has 1 fully saturated rings. The normalized spacial score (nSPS) is 15.0. The molecule has 1 aliphatic rings. The Balaban J connectivity index is 0.975. The van der Waals surface area contributed by atoms with Gasteiger partial charge in [-0.1, -0.05) is 61.7 Å². The zero-order valence-electron chi connectivity index (χ0n) is 32.8. The van der Waals surface area contributed by atoms with Crippen LogP contribution < -0.4 is 9.47 Å². The Kier molecular flexibility index (Phi) is 18.8. The zero-order valence-corrected chi connectivity index (χ0v) is 32.8. The molecule has 58 heavy (non-hydrogen) atoms. The molecule has 4 aromatic rings. The molecule has 0 aliphatic carbocycles. The van der Waals surface area contributed by atoms with Gasteiger partial charge < -0.3 is 37.9 Å². The fraction of sp³-hybridized carbons (Fsp3) is 0.409. The molecule has 14 nitrogen and oxygen atoms in total. The topological polar surface area (TPSA) is 160 Å². The van der Waals surface area contributed by atoms with E-state index in [2.05, 4.69) is 33.1 Å². The first-order valence-electron chi connectivity index (χ1n) is 19.6. The number of rotatable bonds is 26. The molecule has 0 bridgehead atoms. The number of hydrogen-bond acceptors (Lipinski definition) is 14. The van der Waals surface area contributed by atoms with Crippen molar-refractivity contribution in [1.29, 1.82) is 0 Å². The van der Waals surface area contributed by atoms with E-state index in [1.54, 1.807) is 24.8 Å². The summed E-state index contributed by atoms with van der Waals surface area (Å²) < 4.78 is 45.4. The summed E-state index contributed by atoms with van der Waals surface area (Å²) in [5.74, 6) is 1.64. The summed E-state index contributed by atoms with van der Waals surface area (Å²) >= 11 is 0. The van der Waals surface area contributed by atoms with Gasteiger partial charge in [0, 0.05) is 23.3 Å². The maximum absolute atomic E-state index is 11.1. The molecule has 0 radical (unpaired) electrons. The van der Waals surface area contributed by atoms with Crippen LogP contribution in [0.3, 0.4) is 0 Å². The highest BCUT2D eigenvalue weighted by atomic mass is 16.8. The van der Waals surface area contributed by atoms with E-state index in [0.29, 0.717) is 76.0 Å². The molecular formula is C44H52N4O10. The van der Waals surface area contributed by atoms with E-state index in [1.807, 2.05) is 48.5 Å². The molecule has 0 spiro atoms. The van der Waals surface area contributed by atoms with Gasteiger partial charge in [-0.05, 0) is 62.5 Å². The molecule has 14 heteroatoms. The smallest absolute Gasteiger partial charge is 0.330 e. The molecule has 0 unspecified atom stereocenters. The molecule has 0 saturated carbocycles. The Morgan fingerprint density at radius 3 is 1.28 bits per heavy atom. The van der Waals surface area contributed by atoms with Crippen LogP contribution in [-0.4, -0.2) is 84.1 Å². The highest BCUT2D eigenvalue weighted by molar-refractivity contribution is 5.81. The SMILES string of the molecule is C=CC(=O)OCCCCCCOc1cnc(-c2ccc(CO[C@@H]3OCCO[C@H]3OCc3ccc(-c4ncc(OCCCCCCOC(=O)C=C)cn4)cc3)cc2)nc1. The van der Waals surface area contributed by atoms with E-state index in [4.69, 9.17) is 37.9 Å². The van der Waals surface area contributed by atoms with Crippen LogP contribution >= 0.6 is 0 Å². The minimum atomic E-state index is -0.686. The van der Waals surface area contributed by atoms with Crippen LogP contribution in [-0.2, 0) is 51.2 Å². The molecule has 308 valence electrons. The first kappa shape index (κ1) is 43.6. The number of hydrogen-bond donors (Lipinski definition) is 0. The average molecular weight is 797 g/mol. The van der Waals surface area contributed by atoms with Crippen LogP contribution in [0.4, 0.5) is 0 Å². The summed E-state index contributed by atoms with van der Waals surface area (Å²) in [5, 5.41) is 0. The summed E-state index contributed by atoms with van der Waals surface area (Å²) in [6, 6.07) is 15.6. The van der Waals surface area contributed by atoms with Crippen molar-refractivity contribution in [2.45, 2.75) is 77.2 Å². The molecule has 2 aromatic heterocycles. The minimum absolute atomic E-state index is 0.302. The quantitative estimate of drug-likeness (QED) is 0.0352. The van der Waals surface area contributed by atoms with Crippen molar-refractivity contribution in [2.24, 2.45) is 0 Å². The molecule has 2 atom stereocenters. The summed E-state index contributed by atoms with van der Waals surface area (Å²) in [6.07, 6.45) is 14.9. The van der Waals surface area contributed by atoms with E-state index in [0.717, 1.165) is 73.6 Å². The Morgan fingerprint density at radius 2 is 0.914 bits per heavy atom. The van der Waals surface area contributed by atoms with Gasteiger partial charge in [-0.25, -0.2) is 29.5 Å². The van der Waals surface area contributed by atoms with Crippen LogP contribution in [0, 0.1) is 0 Å². The maximum atomic E-state index is 11.1. The third-order valence-corrected chi connectivity index (χ3v) is 8.82. The number of aromatic nitrogens is 4. The lowest BCUT2D eigenvalue weighted by molar-refractivity contribution is -0.326. The predicted molar refractivity (Wildman–Crippen MR) is 214 cm³/mol. The molecule has 3 heterocycles. The predicted octanol–water partition coefficient (Wildman–Crippen LogP) is 7.37. The van der Waals surface area contributed by atoms with Crippen molar-refractivity contribution in [3.8, 4) is 34.3 Å². The molecular weight excluding hydrogens is 745 g/mol. The van der Waals surface area contributed by atoms with Gasteiger partial charge in [0.15, 0.2) is 23.1 Å². The van der Waals surface area contributed by atoms with E-state index in [1.165, 1.54) is 12.2 Å². The fourth-order valence-electron chi connectivity index (χ4n) is 5.63. The van der Waals surface area contributed by atoms with Gasteiger partial charge in [-0.2, -0.15) is 0 Å². The van der Waals surface area contributed by atoms with Crippen LogP contribution in [0.25, 0.3) is 22.8 Å².